The van der Waals surface area contributed by atoms with Gasteiger partial charge in [-0.05, 0) is 68.5 Å². The van der Waals surface area contributed by atoms with Crippen LogP contribution in [0, 0.1) is 17.6 Å². The van der Waals surface area contributed by atoms with Crippen LogP contribution >= 0.6 is 11.3 Å². The molecular formula is C18H19F2NO2S. The van der Waals surface area contributed by atoms with Crippen molar-refractivity contribution in [2.45, 2.75) is 18.9 Å². The lowest BCUT2D eigenvalue weighted by molar-refractivity contribution is 0.0650. The Morgan fingerprint density at radius 3 is 2.71 bits per heavy atom. The first-order valence-electron chi connectivity index (χ1n) is 7.91. The Morgan fingerprint density at radius 1 is 1.29 bits per heavy atom. The molecule has 24 heavy (non-hydrogen) atoms. The number of rotatable bonds is 4. The molecule has 1 aliphatic rings. The monoisotopic (exact) mass is 351 g/mol. The zero-order valence-electron chi connectivity index (χ0n) is 13.3. The van der Waals surface area contributed by atoms with Crippen molar-refractivity contribution in [3.63, 3.8) is 0 Å². The Kier molecular flexibility index (Phi) is 5.08. The van der Waals surface area contributed by atoms with Gasteiger partial charge in [0.15, 0.2) is 0 Å². The van der Waals surface area contributed by atoms with E-state index in [1.165, 1.54) is 0 Å². The Morgan fingerprint density at radius 2 is 2.00 bits per heavy atom. The number of carbonyl (C=O) groups is 1. The van der Waals surface area contributed by atoms with Crippen molar-refractivity contribution in [1.82, 2.24) is 4.90 Å². The Labute approximate surface area is 143 Å². The summed E-state index contributed by atoms with van der Waals surface area (Å²) in [5.74, 6) is -1.92. The van der Waals surface area contributed by atoms with Crippen LogP contribution in [0.1, 0.15) is 39.7 Å². The lowest BCUT2D eigenvalue weighted by Crippen LogP contribution is -2.32. The number of benzene rings is 1. The third-order valence-electron chi connectivity index (χ3n) is 4.60. The van der Waals surface area contributed by atoms with Gasteiger partial charge in [-0.1, -0.05) is 0 Å². The molecule has 1 aromatic carbocycles. The molecule has 6 heteroatoms. The number of aliphatic hydroxyl groups is 1. The molecule has 0 spiro atoms. The average molecular weight is 351 g/mol. The maximum Gasteiger partial charge on any atom is 0.206 e. The van der Waals surface area contributed by atoms with E-state index >= 15 is 0 Å². The highest BCUT2D eigenvalue weighted by Gasteiger charge is 2.29. The largest absolute Gasteiger partial charge is 0.388 e. The molecule has 2 aromatic rings. The highest BCUT2D eigenvalue weighted by atomic mass is 32.1. The van der Waals surface area contributed by atoms with Crippen LogP contribution in [0.3, 0.4) is 0 Å². The number of aliphatic hydroxyl groups excluding tert-OH is 1. The topological polar surface area (TPSA) is 40.5 Å². The van der Waals surface area contributed by atoms with Gasteiger partial charge in [0.2, 0.25) is 5.78 Å². The van der Waals surface area contributed by atoms with Crippen LogP contribution in [0.2, 0.25) is 0 Å². The van der Waals surface area contributed by atoms with E-state index in [-0.39, 0.29) is 16.4 Å². The predicted molar refractivity (Wildman–Crippen MR) is 89.3 cm³/mol. The summed E-state index contributed by atoms with van der Waals surface area (Å²) in [6.07, 6.45) is 0.922. The second-order valence-corrected chi connectivity index (χ2v) is 7.16. The van der Waals surface area contributed by atoms with E-state index in [0.717, 1.165) is 55.5 Å². The smallest absolute Gasteiger partial charge is 0.206 e. The van der Waals surface area contributed by atoms with Crippen molar-refractivity contribution in [3.05, 3.63) is 57.3 Å². The van der Waals surface area contributed by atoms with E-state index in [1.807, 2.05) is 7.05 Å². The van der Waals surface area contributed by atoms with Gasteiger partial charge in [-0.15, -0.1) is 11.3 Å². The maximum absolute atomic E-state index is 13.9. The van der Waals surface area contributed by atoms with Gasteiger partial charge in [-0.2, -0.15) is 0 Å². The average Bonchev–Trinajstić information content (AvgIpc) is 3.06. The van der Waals surface area contributed by atoms with E-state index in [4.69, 9.17) is 0 Å². The number of likely N-dealkylation sites (tertiary alicyclic amines) is 1. The van der Waals surface area contributed by atoms with Crippen molar-refractivity contribution >= 4 is 17.1 Å². The molecule has 0 radical (unpaired) electrons. The molecular weight excluding hydrogens is 332 g/mol. The van der Waals surface area contributed by atoms with E-state index in [1.54, 1.807) is 11.4 Å². The maximum atomic E-state index is 13.9. The molecule has 0 bridgehead atoms. The summed E-state index contributed by atoms with van der Waals surface area (Å²) >= 11 is 1.15. The van der Waals surface area contributed by atoms with E-state index < -0.39 is 23.5 Å². The Bertz CT molecular complexity index is 738. The molecule has 1 aliphatic heterocycles. The second kappa shape index (κ2) is 7.09. The van der Waals surface area contributed by atoms with Crippen LogP contribution in [0.4, 0.5) is 8.78 Å². The molecule has 1 saturated heterocycles. The van der Waals surface area contributed by atoms with Gasteiger partial charge in [0.1, 0.15) is 11.6 Å². The summed E-state index contributed by atoms with van der Waals surface area (Å²) in [6.45, 7) is 1.79. The number of ketones is 1. The highest BCUT2D eigenvalue weighted by Crippen LogP contribution is 2.35. The first-order chi connectivity index (χ1) is 11.5. The third kappa shape index (κ3) is 3.41. The van der Waals surface area contributed by atoms with E-state index in [0.29, 0.717) is 5.56 Å². The molecule has 2 heterocycles. The van der Waals surface area contributed by atoms with Crippen LogP contribution in [-0.4, -0.2) is 35.9 Å². The van der Waals surface area contributed by atoms with Crippen molar-refractivity contribution in [3.8, 4) is 0 Å². The van der Waals surface area contributed by atoms with Crippen LogP contribution in [0.15, 0.2) is 29.6 Å². The van der Waals surface area contributed by atoms with Gasteiger partial charge in [0.25, 0.3) is 0 Å². The molecule has 1 fully saturated rings. The fourth-order valence-corrected chi connectivity index (χ4v) is 4.02. The van der Waals surface area contributed by atoms with Gasteiger partial charge in [0, 0.05) is 5.56 Å². The number of nitrogens with zero attached hydrogens (tertiary/aromatic N) is 1. The number of hydrogen-bond donors (Lipinski definition) is 1. The van der Waals surface area contributed by atoms with Crippen molar-refractivity contribution in [1.29, 1.82) is 0 Å². The van der Waals surface area contributed by atoms with Crippen molar-refractivity contribution in [2.75, 3.05) is 20.1 Å². The normalized spacial score (nSPS) is 17.8. The first-order valence-corrected chi connectivity index (χ1v) is 8.79. The summed E-state index contributed by atoms with van der Waals surface area (Å²) in [5.41, 5.74) is 0.220. The third-order valence-corrected chi connectivity index (χ3v) is 5.53. The van der Waals surface area contributed by atoms with Crippen molar-refractivity contribution in [2.24, 2.45) is 5.92 Å². The predicted octanol–water partition coefficient (Wildman–Crippen LogP) is 3.63. The fraction of sp³-hybridized carbons (Fsp3) is 0.389. The lowest BCUT2D eigenvalue weighted by Gasteiger charge is -2.32. The zero-order valence-corrected chi connectivity index (χ0v) is 14.2. The molecule has 3 nitrogen and oxygen atoms in total. The van der Waals surface area contributed by atoms with Crippen LogP contribution < -0.4 is 0 Å². The van der Waals surface area contributed by atoms with Crippen LogP contribution in [0.5, 0.6) is 0 Å². The number of carbonyl (C=O) groups excluding carboxylic acids is 1. The van der Waals surface area contributed by atoms with Gasteiger partial charge in [0.05, 0.1) is 16.5 Å². The highest BCUT2D eigenvalue weighted by molar-refractivity contribution is 7.12. The summed E-state index contributed by atoms with van der Waals surface area (Å²) < 4.78 is 27.3. The first kappa shape index (κ1) is 17.2. The number of halogens is 2. The lowest BCUT2D eigenvalue weighted by atomic mass is 9.87. The minimum atomic E-state index is -0.763. The van der Waals surface area contributed by atoms with Crippen molar-refractivity contribution < 1.29 is 18.7 Å². The molecule has 128 valence electrons. The molecule has 1 atom stereocenters. The summed E-state index contributed by atoms with van der Waals surface area (Å²) in [4.78, 5) is 15.1. The molecule has 0 aliphatic carbocycles. The molecule has 1 N–H and O–H groups in total. The summed E-state index contributed by atoms with van der Waals surface area (Å²) in [5, 5.41) is 12.4. The van der Waals surface area contributed by atoms with E-state index in [2.05, 4.69) is 4.90 Å². The fourth-order valence-electron chi connectivity index (χ4n) is 3.13. The van der Waals surface area contributed by atoms with Gasteiger partial charge >= 0.3 is 0 Å². The number of thiophene rings is 1. The van der Waals surface area contributed by atoms with Gasteiger partial charge < -0.3 is 10.0 Å². The Balaban J connectivity index is 1.87. The minimum Gasteiger partial charge on any atom is -0.388 e. The van der Waals surface area contributed by atoms with Gasteiger partial charge in [-0.25, -0.2) is 8.78 Å². The number of hydrogen-bond acceptors (Lipinski definition) is 4. The summed E-state index contributed by atoms with van der Waals surface area (Å²) in [6, 6.07) is 4.54. The number of piperidine rings is 1. The second-order valence-electron chi connectivity index (χ2n) is 6.24. The SMILES string of the molecule is CN1CCC(C(O)c2ccsc2C(=O)c2cc(F)ccc2F)CC1. The molecule has 3 rings (SSSR count). The van der Waals surface area contributed by atoms with E-state index in [9.17, 15) is 18.7 Å². The molecule has 1 aromatic heterocycles. The Hall–Kier alpha value is -1.63. The zero-order chi connectivity index (χ0) is 17.3. The standard InChI is InChI=1S/C18H19F2NO2S/c1-21-7-4-11(5-8-21)16(22)13-6-9-24-18(13)17(23)14-10-12(19)2-3-15(14)20/h2-3,6,9-11,16,22H,4-5,7-8H2,1H3. The molecule has 0 amide bonds. The van der Waals surface area contributed by atoms with Gasteiger partial charge in [-0.3, -0.25) is 4.79 Å². The summed E-state index contributed by atoms with van der Waals surface area (Å²) in [7, 11) is 2.04. The van der Waals surface area contributed by atoms with Crippen LogP contribution in [0.25, 0.3) is 0 Å². The molecule has 0 saturated carbocycles. The quantitative estimate of drug-likeness (QED) is 0.855. The minimum absolute atomic E-state index is 0.0692. The van der Waals surface area contributed by atoms with Crippen LogP contribution in [-0.2, 0) is 0 Å². The molecule has 1 unspecified atom stereocenters.